The Kier molecular flexibility index (Phi) is 3.20. The minimum atomic E-state index is -0.748. The molecule has 3 nitrogen and oxygen atoms in total. The van der Waals surface area contributed by atoms with E-state index in [1.165, 1.54) is 18.2 Å². The van der Waals surface area contributed by atoms with Gasteiger partial charge in [-0.2, -0.15) is 0 Å². The van der Waals surface area contributed by atoms with Crippen LogP contribution in [0.25, 0.3) is 0 Å². The van der Waals surface area contributed by atoms with E-state index in [1.807, 2.05) is 0 Å². The molecule has 1 rings (SSSR count). The Balaban J connectivity index is 3.20. The van der Waals surface area contributed by atoms with Crippen molar-refractivity contribution in [2.45, 2.75) is 0 Å². The number of isocyanates is 1. The summed E-state index contributed by atoms with van der Waals surface area (Å²) in [6.45, 7) is 0. The van der Waals surface area contributed by atoms with Crippen molar-refractivity contribution < 1.29 is 9.59 Å². The van der Waals surface area contributed by atoms with E-state index in [1.54, 1.807) is 0 Å². The molecule has 5 heteroatoms. The Hall–Kier alpha value is -1.15. The Bertz CT molecular complexity index is 397. The summed E-state index contributed by atoms with van der Waals surface area (Å²) in [5.41, 5.74) is 0.0949. The molecule has 0 aliphatic heterocycles. The Morgan fingerprint density at radius 2 is 2.08 bits per heavy atom. The molecule has 0 radical (unpaired) electrons. The quantitative estimate of drug-likeness (QED) is 0.534. The molecular weight excluding hydrogens is 213 g/mol. The molecule has 0 atom stereocenters. The van der Waals surface area contributed by atoms with Crippen LogP contribution in [-0.2, 0) is 4.79 Å². The van der Waals surface area contributed by atoms with Crippen LogP contribution in [0.15, 0.2) is 23.2 Å². The highest BCUT2D eigenvalue weighted by Crippen LogP contribution is 2.20. The van der Waals surface area contributed by atoms with Gasteiger partial charge in [-0.15, -0.1) is 4.99 Å². The highest BCUT2D eigenvalue weighted by Gasteiger charge is 2.09. The average Bonchev–Trinajstić information content (AvgIpc) is 2.09. The summed E-state index contributed by atoms with van der Waals surface area (Å²) < 4.78 is 0. The fourth-order valence-electron chi connectivity index (χ4n) is 0.763. The summed E-state index contributed by atoms with van der Waals surface area (Å²) >= 11 is 11.3. The van der Waals surface area contributed by atoms with Crippen LogP contribution in [-0.4, -0.2) is 12.0 Å². The minimum Gasteiger partial charge on any atom is -0.266 e. The van der Waals surface area contributed by atoms with Crippen molar-refractivity contribution in [3.63, 3.8) is 0 Å². The van der Waals surface area contributed by atoms with Gasteiger partial charge in [0.1, 0.15) is 0 Å². The number of halogens is 2. The van der Waals surface area contributed by atoms with E-state index in [0.717, 1.165) is 6.08 Å². The molecule has 0 saturated heterocycles. The molecule has 0 heterocycles. The first-order chi connectivity index (χ1) is 6.15. The fourth-order valence-corrected chi connectivity index (χ4v) is 1.13. The summed E-state index contributed by atoms with van der Waals surface area (Å²) in [7, 11) is 0. The maximum Gasteiger partial charge on any atom is 0.289 e. The zero-order valence-electron chi connectivity index (χ0n) is 6.25. The highest BCUT2D eigenvalue weighted by molar-refractivity contribution is 6.35. The molecule has 0 spiro atoms. The number of aliphatic imine (C=N–C) groups is 1. The number of benzene rings is 1. The minimum absolute atomic E-state index is 0.0949. The Labute approximate surface area is 84.0 Å². The molecule has 0 fully saturated rings. The highest BCUT2D eigenvalue weighted by atomic mass is 35.5. The van der Waals surface area contributed by atoms with Crippen LogP contribution in [0.4, 0.5) is 0 Å². The molecule has 1 aromatic carbocycles. The van der Waals surface area contributed by atoms with Gasteiger partial charge in [-0.1, -0.05) is 23.2 Å². The van der Waals surface area contributed by atoms with Crippen molar-refractivity contribution >= 4 is 35.2 Å². The summed E-state index contributed by atoms with van der Waals surface area (Å²) in [6.07, 6.45) is 1.14. The summed E-state index contributed by atoms with van der Waals surface area (Å²) in [6, 6.07) is 4.33. The van der Waals surface area contributed by atoms with Crippen molar-refractivity contribution in [1.29, 1.82) is 0 Å². The van der Waals surface area contributed by atoms with E-state index in [0.29, 0.717) is 5.02 Å². The van der Waals surface area contributed by atoms with Gasteiger partial charge in [-0.3, -0.25) is 4.79 Å². The predicted octanol–water partition coefficient (Wildman–Crippen LogP) is 2.47. The molecular formula is C8H3Cl2NO2. The SMILES string of the molecule is O=C=NC(=O)c1cc(Cl)ccc1Cl. The molecule has 0 aromatic heterocycles. The number of carbonyl (C=O) groups excluding carboxylic acids is 2. The summed E-state index contributed by atoms with van der Waals surface area (Å²) in [5, 5.41) is 0.558. The van der Waals surface area contributed by atoms with Gasteiger partial charge in [0.05, 0.1) is 10.6 Å². The van der Waals surface area contributed by atoms with Crippen LogP contribution < -0.4 is 0 Å². The first kappa shape index (κ1) is 9.93. The van der Waals surface area contributed by atoms with Crippen molar-refractivity contribution in [1.82, 2.24) is 0 Å². The number of nitrogens with zero attached hydrogens (tertiary/aromatic N) is 1. The second-order valence-electron chi connectivity index (χ2n) is 2.13. The second-order valence-corrected chi connectivity index (χ2v) is 2.98. The average molecular weight is 216 g/mol. The number of carbonyl (C=O) groups is 1. The van der Waals surface area contributed by atoms with E-state index in [4.69, 9.17) is 23.2 Å². The Morgan fingerprint density at radius 3 is 2.69 bits per heavy atom. The third-order valence-corrected chi connectivity index (χ3v) is 1.87. The van der Waals surface area contributed by atoms with E-state index in [-0.39, 0.29) is 10.6 Å². The molecule has 66 valence electrons. The maximum absolute atomic E-state index is 11.0. The van der Waals surface area contributed by atoms with E-state index in [2.05, 4.69) is 4.99 Å². The standard InChI is InChI=1S/C8H3Cl2NO2/c9-5-1-2-7(10)6(3-5)8(13)11-4-12/h1-3H. The van der Waals surface area contributed by atoms with E-state index >= 15 is 0 Å². The van der Waals surface area contributed by atoms with Gasteiger partial charge in [-0.25, -0.2) is 4.79 Å². The van der Waals surface area contributed by atoms with Crippen LogP contribution in [0.3, 0.4) is 0 Å². The van der Waals surface area contributed by atoms with Gasteiger partial charge in [-0.05, 0) is 18.2 Å². The van der Waals surface area contributed by atoms with Crippen molar-refractivity contribution in [3.8, 4) is 0 Å². The summed E-state index contributed by atoms with van der Waals surface area (Å²) in [4.78, 5) is 23.8. The maximum atomic E-state index is 11.0. The molecule has 0 aliphatic rings. The van der Waals surface area contributed by atoms with Gasteiger partial charge in [0.2, 0.25) is 6.08 Å². The lowest BCUT2D eigenvalue weighted by atomic mass is 10.2. The first-order valence-corrected chi connectivity index (χ1v) is 3.98. The normalized spacial score (nSPS) is 9.08. The van der Waals surface area contributed by atoms with E-state index in [9.17, 15) is 9.59 Å². The van der Waals surface area contributed by atoms with Crippen LogP contribution in [0, 0.1) is 0 Å². The third-order valence-electron chi connectivity index (χ3n) is 1.31. The lowest BCUT2D eigenvalue weighted by molar-refractivity contribution is 0.100. The Morgan fingerprint density at radius 1 is 1.38 bits per heavy atom. The van der Waals surface area contributed by atoms with Gasteiger partial charge in [0, 0.05) is 5.02 Å². The van der Waals surface area contributed by atoms with Gasteiger partial charge in [0.25, 0.3) is 5.91 Å². The molecule has 0 unspecified atom stereocenters. The molecule has 1 aromatic rings. The largest absolute Gasteiger partial charge is 0.289 e. The van der Waals surface area contributed by atoms with Crippen LogP contribution in [0.2, 0.25) is 10.0 Å². The lowest BCUT2D eigenvalue weighted by Gasteiger charge is -1.97. The molecule has 0 saturated carbocycles. The molecule has 13 heavy (non-hydrogen) atoms. The first-order valence-electron chi connectivity index (χ1n) is 3.22. The third kappa shape index (κ3) is 2.39. The van der Waals surface area contributed by atoms with Crippen LogP contribution in [0.1, 0.15) is 10.4 Å². The number of amides is 1. The number of hydrogen-bond donors (Lipinski definition) is 0. The molecule has 1 amide bonds. The van der Waals surface area contributed by atoms with Gasteiger partial charge >= 0.3 is 0 Å². The monoisotopic (exact) mass is 215 g/mol. The van der Waals surface area contributed by atoms with Crippen molar-refractivity contribution in [2.24, 2.45) is 4.99 Å². The van der Waals surface area contributed by atoms with Gasteiger partial charge < -0.3 is 0 Å². The molecule has 0 aliphatic carbocycles. The zero-order valence-corrected chi connectivity index (χ0v) is 7.76. The predicted molar refractivity (Wildman–Crippen MR) is 48.9 cm³/mol. The lowest BCUT2D eigenvalue weighted by Crippen LogP contribution is -1.95. The number of rotatable bonds is 1. The van der Waals surface area contributed by atoms with Crippen LogP contribution >= 0.6 is 23.2 Å². The topological polar surface area (TPSA) is 46.5 Å². The van der Waals surface area contributed by atoms with Crippen LogP contribution in [0.5, 0.6) is 0 Å². The van der Waals surface area contributed by atoms with Crippen molar-refractivity contribution in [2.75, 3.05) is 0 Å². The van der Waals surface area contributed by atoms with Gasteiger partial charge in [0.15, 0.2) is 0 Å². The fraction of sp³-hybridized carbons (Fsp3) is 0. The van der Waals surface area contributed by atoms with E-state index < -0.39 is 5.91 Å². The molecule has 0 bridgehead atoms. The molecule has 0 N–H and O–H groups in total. The van der Waals surface area contributed by atoms with Crippen molar-refractivity contribution in [3.05, 3.63) is 33.8 Å². The zero-order chi connectivity index (χ0) is 9.84. The summed E-state index contributed by atoms with van der Waals surface area (Å²) in [5.74, 6) is -0.748. The number of hydrogen-bond acceptors (Lipinski definition) is 2. The smallest absolute Gasteiger partial charge is 0.266 e. The second kappa shape index (κ2) is 4.19.